The molecular weight excluding hydrogens is 264 g/mol. The molecule has 1 atom stereocenters. The average molecular weight is 284 g/mol. The summed E-state index contributed by atoms with van der Waals surface area (Å²) < 4.78 is 26.9. The molecule has 0 aliphatic carbocycles. The van der Waals surface area contributed by atoms with Gasteiger partial charge in [-0.3, -0.25) is 0 Å². The summed E-state index contributed by atoms with van der Waals surface area (Å²) in [7, 11) is -3.51. The molecule has 0 aromatic carbocycles. The maximum absolute atomic E-state index is 12.1. The predicted molar refractivity (Wildman–Crippen MR) is 74.1 cm³/mol. The second kappa shape index (κ2) is 5.85. The first-order valence-electron chi connectivity index (χ1n) is 6.43. The number of sulfonamides is 1. The highest BCUT2D eigenvalue weighted by molar-refractivity contribution is 7.89. The molecule has 6 nitrogen and oxygen atoms in total. The third-order valence-electron chi connectivity index (χ3n) is 3.16. The van der Waals surface area contributed by atoms with Gasteiger partial charge in [-0.1, -0.05) is 0 Å². The van der Waals surface area contributed by atoms with Crippen LogP contribution < -0.4 is 10.5 Å². The van der Waals surface area contributed by atoms with E-state index in [-0.39, 0.29) is 10.9 Å². The number of likely N-dealkylation sites (tertiary alicyclic amines) is 1. The summed E-state index contributed by atoms with van der Waals surface area (Å²) in [6, 6.07) is 2.83. The number of hydrogen-bond acceptors (Lipinski definition) is 5. The highest BCUT2D eigenvalue weighted by Crippen LogP contribution is 2.11. The van der Waals surface area contributed by atoms with Gasteiger partial charge in [-0.15, -0.1) is 0 Å². The summed E-state index contributed by atoms with van der Waals surface area (Å²) in [5, 5.41) is 0. The van der Waals surface area contributed by atoms with Crippen molar-refractivity contribution in [3.63, 3.8) is 0 Å². The number of hydrogen-bond donors (Lipinski definition) is 2. The third kappa shape index (κ3) is 3.89. The SMILES string of the molecule is CC(CN1CCCC1)NS(=O)(=O)c1ccc(N)nc1. The smallest absolute Gasteiger partial charge is 0.242 e. The summed E-state index contributed by atoms with van der Waals surface area (Å²) in [5.74, 6) is 0.309. The third-order valence-corrected chi connectivity index (χ3v) is 4.73. The number of nitrogens with two attached hydrogens (primary N) is 1. The minimum atomic E-state index is -3.51. The van der Waals surface area contributed by atoms with E-state index in [9.17, 15) is 8.42 Å². The number of rotatable bonds is 5. The van der Waals surface area contributed by atoms with Crippen molar-refractivity contribution in [2.24, 2.45) is 0 Å². The van der Waals surface area contributed by atoms with E-state index < -0.39 is 10.0 Å². The summed E-state index contributed by atoms with van der Waals surface area (Å²) in [4.78, 5) is 6.22. The predicted octanol–water partition coefficient (Wildman–Crippen LogP) is 0.426. The molecule has 1 saturated heterocycles. The Balaban J connectivity index is 1.98. The van der Waals surface area contributed by atoms with Crippen molar-refractivity contribution in [3.05, 3.63) is 18.3 Å². The Morgan fingerprint density at radius 2 is 2.11 bits per heavy atom. The van der Waals surface area contributed by atoms with E-state index in [2.05, 4.69) is 14.6 Å². The number of nitrogen functional groups attached to an aromatic ring is 1. The number of nitrogens with one attached hydrogen (secondary N) is 1. The van der Waals surface area contributed by atoms with Gasteiger partial charge in [0.1, 0.15) is 10.7 Å². The van der Waals surface area contributed by atoms with Gasteiger partial charge in [-0.2, -0.15) is 0 Å². The van der Waals surface area contributed by atoms with E-state index in [1.807, 2.05) is 6.92 Å². The van der Waals surface area contributed by atoms with Gasteiger partial charge < -0.3 is 10.6 Å². The van der Waals surface area contributed by atoms with Crippen LogP contribution in [0.25, 0.3) is 0 Å². The number of pyridine rings is 1. The van der Waals surface area contributed by atoms with Crippen LogP contribution in [0.1, 0.15) is 19.8 Å². The molecule has 1 aliphatic heterocycles. The topological polar surface area (TPSA) is 88.3 Å². The molecule has 1 aliphatic rings. The Morgan fingerprint density at radius 3 is 2.68 bits per heavy atom. The molecule has 0 spiro atoms. The van der Waals surface area contributed by atoms with Crippen LogP contribution in [0.15, 0.2) is 23.2 Å². The molecule has 2 heterocycles. The van der Waals surface area contributed by atoms with E-state index in [4.69, 9.17) is 5.73 Å². The zero-order valence-electron chi connectivity index (χ0n) is 11.0. The van der Waals surface area contributed by atoms with Crippen LogP contribution >= 0.6 is 0 Å². The Labute approximate surface area is 114 Å². The van der Waals surface area contributed by atoms with Gasteiger partial charge in [0.15, 0.2) is 0 Å². The summed E-state index contributed by atoms with van der Waals surface area (Å²) in [5.41, 5.74) is 5.45. The number of nitrogens with zero attached hydrogens (tertiary/aromatic N) is 2. The van der Waals surface area contributed by atoms with Gasteiger partial charge in [0.2, 0.25) is 10.0 Å². The van der Waals surface area contributed by atoms with E-state index in [0.29, 0.717) is 5.82 Å². The molecule has 0 saturated carbocycles. The lowest BCUT2D eigenvalue weighted by Gasteiger charge is -2.21. The maximum atomic E-state index is 12.1. The molecule has 1 aromatic rings. The lowest BCUT2D eigenvalue weighted by atomic mass is 10.3. The summed E-state index contributed by atoms with van der Waals surface area (Å²) in [6.07, 6.45) is 3.67. The standard InChI is InChI=1S/C12H20N4O2S/c1-10(9-16-6-2-3-7-16)15-19(17,18)11-4-5-12(13)14-8-11/h4-5,8,10,15H,2-3,6-7,9H2,1H3,(H2,13,14). The zero-order valence-corrected chi connectivity index (χ0v) is 11.9. The molecule has 19 heavy (non-hydrogen) atoms. The van der Waals surface area contributed by atoms with Crippen LogP contribution in [-0.4, -0.2) is 44.0 Å². The lowest BCUT2D eigenvalue weighted by Crippen LogP contribution is -2.41. The summed E-state index contributed by atoms with van der Waals surface area (Å²) in [6.45, 7) is 4.72. The van der Waals surface area contributed by atoms with E-state index in [0.717, 1.165) is 19.6 Å². The number of anilines is 1. The van der Waals surface area contributed by atoms with Crippen LogP contribution in [0.4, 0.5) is 5.82 Å². The van der Waals surface area contributed by atoms with Crippen molar-refractivity contribution in [2.75, 3.05) is 25.4 Å². The Hall–Kier alpha value is -1.18. The largest absolute Gasteiger partial charge is 0.384 e. The van der Waals surface area contributed by atoms with E-state index in [1.54, 1.807) is 0 Å². The van der Waals surface area contributed by atoms with Crippen LogP contribution in [0.2, 0.25) is 0 Å². The molecule has 0 radical (unpaired) electrons. The lowest BCUT2D eigenvalue weighted by molar-refractivity contribution is 0.313. The van der Waals surface area contributed by atoms with Crippen molar-refractivity contribution in [1.29, 1.82) is 0 Å². The van der Waals surface area contributed by atoms with Crippen LogP contribution in [0.3, 0.4) is 0 Å². The highest BCUT2D eigenvalue weighted by atomic mass is 32.2. The quantitative estimate of drug-likeness (QED) is 0.818. The monoisotopic (exact) mass is 284 g/mol. The minimum Gasteiger partial charge on any atom is -0.384 e. The Morgan fingerprint density at radius 1 is 1.42 bits per heavy atom. The van der Waals surface area contributed by atoms with Crippen LogP contribution in [-0.2, 0) is 10.0 Å². The van der Waals surface area contributed by atoms with Gasteiger partial charge in [-0.25, -0.2) is 18.1 Å². The van der Waals surface area contributed by atoms with Crippen molar-refractivity contribution in [2.45, 2.75) is 30.7 Å². The molecule has 106 valence electrons. The van der Waals surface area contributed by atoms with Crippen molar-refractivity contribution in [1.82, 2.24) is 14.6 Å². The van der Waals surface area contributed by atoms with Crippen molar-refractivity contribution < 1.29 is 8.42 Å². The second-order valence-electron chi connectivity index (χ2n) is 4.95. The summed E-state index contributed by atoms with van der Waals surface area (Å²) >= 11 is 0. The van der Waals surface area contributed by atoms with Gasteiger partial charge in [0, 0.05) is 18.8 Å². The molecular formula is C12H20N4O2S. The van der Waals surface area contributed by atoms with Crippen LogP contribution in [0, 0.1) is 0 Å². The zero-order chi connectivity index (χ0) is 13.9. The average Bonchev–Trinajstić information content (AvgIpc) is 2.81. The first-order valence-corrected chi connectivity index (χ1v) is 7.92. The number of aromatic nitrogens is 1. The highest BCUT2D eigenvalue weighted by Gasteiger charge is 2.20. The van der Waals surface area contributed by atoms with Gasteiger partial charge in [0.25, 0.3) is 0 Å². The Kier molecular flexibility index (Phi) is 4.38. The molecule has 7 heteroatoms. The normalized spacial score (nSPS) is 18.6. The molecule has 0 bridgehead atoms. The van der Waals surface area contributed by atoms with E-state index >= 15 is 0 Å². The molecule has 1 fully saturated rings. The maximum Gasteiger partial charge on any atom is 0.242 e. The Bertz CT molecular complexity index is 509. The van der Waals surface area contributed by atoms with E-state index in [1.165, 1.54) is 31.2 Å². The van der Waals surface area contributed by atoms with Crippen molar-refractivity contribution >= 4 is 15.8 Å². The van der Waals surface area contributed by atoms with Gasteiger partial charge >= 0.3 is 0 Å². The second-order valence-corrected chi connectivity index (χ2v) is 6.66. The van der Waals surface area contributed by atoms with Crippen LogP contribution in [0.5, 0.6) is 0 Å². The molecule has 1 unspecified atom stereocenters. The molecule has 3 N–H and O–H groups in total. The molecule has 0 amide bonds. The fourth-order valence-corrected chi connectivity index (χ4v) is 3.45. The molecule has 2 rings (SSSR count). The fraction of sp³-hybridized carbons (Fsp3) is 0.583. The van der Waals surface area contributed by atoms with Gasteiger partial charge in [0.05, 0.1) is 0 Å². The van der Waals surface area contributed by atoms with Crippen molar-refractivity contribution in [3.8, 4) is 0 Å². The van der Waals surface area contributed by atoms with Gasteiger partial charge in [-0.05, 0) is 45.0 Å². The first-order chi connectivity index (χ1) is 8.97. The fourth-order valence-electron chi connectivity index (χ4n) is 2.27. The minimum absolute atomic E-state index is 0.124. The molecule has 1 aromatic heterocycles. The first kappa shape index (κ1) is 14.2.